The van der Waals surface area contributed by atoms with Gasteiger partial charge < -0.3 is 10.2 Å². The fourth-order valence-corrected chi connectivity index (χ4v) is 3.89. The minimum atomic E-state index is -4.59. The molecule has 0 radical (unpaired) electrons. The van der Waals surface area contributed by atoms with Gasteiger partial charge in [0.05, 0.1) is 28.4 Å². The number of rotatable bonds is 3. The fourth-order valence-electron chi connectivity index (χ4n) is 3.73. The van der Waals surface area contributed by atoms with Crippen LogP contribution in [0.2, 0.25) is 5.02 Å². The second kappa shape index (κ2) is 8.00. The van der Waals surface area contributed by atoms with Gasteiger partial charge in [0.25, 0.3) is 5.91 Å². The summed E-state index contributed by atoms with van der Waals surface area (Å²) in [7, 11) is 0. The number of nitrogens with zero attached hydrogens (tertiary/aromatic N) is 3. The maximum absolute atomic E-state index is 13.4. The number of benzene rings is 2. The number of halogens is 4. The molecule has 1 aliphatic rings. The van der Waals surface area contributed by atoms with Crippen molar-refractivity contribution in [3.05, 3.63) is 63.8 Å². The summed E-state index contributed by atoms with van der Waals surface area (Å²) in [6.07, 6.45) is -2.40. The van der Waals surface area contributed by atoms with Crippen molar-refractivity contribution in [1.29, 1.82) is 0 Å². The quantitative estimate of drug-likeness (QED) is 0.595. The maximum atomic E-state index is 13.4. The van der Waals surface area contributed by atoms with E-state index >= 15 is 0 Å². The number of carbonyl (C=O) groups excluding carboxylic acids is 1. The van der Waals surface area contributed by atoms with Gasteiger partial charge in [-0.2, -0.15) is 13.2 Å². The third kappa shape index (κ3) is 4.44. The van der Waals surface area contributed by atoms with Crippen LogP contribution in [0.5, 0.6) is 0 Å². The number of aryl methyl sites for hydroxylation is 2. The van der Waals surface area contributed by atoms with E-state index in [0.717, 1.165) is 17.1 Å². The average Bonchev–Trinajstić information content (AvgIpc) is 3.16. The molecule has 162 valence electrons. The van der Waals surface area contributed by atoms with E-state index in [0.29, 0.717) is 34.9 Å². The van der Waals surface area contributed by atoms with Crippen molar-refractivity contribution in [2.24, 2.45) is 0 Å². The highest BCUT2D eigenvalue weighted by Crippen LogP contribution is 2.33. The molecule has 4 rings (SSSR count). The van der Waals surface area contributed by atoms with E-state index in [-0.39, 0.29) is 18.2 Å². The zero-order valence-corrected chi connectivity index (χ0v) is 17.7. The highest BCUT2D eigenvalue weighted by Gasteiger charge is 2.37. The van der Waals surface area contributed by atoms with Crippen molar-refractivity contribution in [3.63, 3.8) is 0 Å². The molecule has 0 spiro atoms. The van der Waals surface area contributed by atoms with Crippen molar-refractivity contribution in [3.8, 4) is 0 Å². The lowest BCUT2D eigenvalue weighted by Gasteiger charge is -2.20. The molecule has 2 aromatic carbocycles. The van der Waals surface area contributed by atoms with Crippen LogP contribution in [-0.4, -0.2) is 39.9 Å². The topological polar surface area (TPSA) is 58.1 Å². The molecule has 1 N–H and O–H groups in total. The second-order valence-electron chi connectivity index (χ2n) is 7.77. The monoisotopic (exact) mass is 448 g/mol. The SMILES string of the molecule is Cc1ccc(C(F)(F)F)c(C(=O)N2CC[C@@H](Nc3cnc4cc(C)c(Cl)cc4n3)C2)c1. The summed E-state index contributed by atoms with van der Waals surface area (Å²) in [5.41, 5.74) is 1.64. The van der Waals surface area contributed by atoms with Crippen molar-refractivity contribution >= 4 is 34.4 Å². The first-order chi connectivity index (χ1) is 14.6. The molecule has 5 nitrogen and oxygen atoms in total. The number of amides is 1. The van der Waals surface area contributed by atoms with Gasteiger partial charge in [-0.1, -0.05) is 23.2 Å². The molecular weight excluding hydrogens is 429 g/mol. The molecule has 0 bridgehead atoms. The molecule has 3 aromatic rings. The molecule has 1 aromatic heterocycles. The lowest BCUT2D eigenvalue weighted by molar-refractivity contribution is -0.138. The number of carbonyl (C=O) groups is 1. The molecule has 1 amide bonds. The van der Waals surface area contributed by atoms with E-state index in [9.17, 15) is 18.0 Å². The zero-order valence-electron chi connectivity index (χ0n) is 16.9. The number of likely N-dealkylation sites (tertiary alicyclic amines) is 1. The zero-order chi connectivity index (χ0) is 22.3. The summed E-state index contributed by atoms with van der Waals surface area (Å²) < 4.78 is 40.1. The van der Waals surface area contributed by atoms with E-state index in [2.05, 4.69) is 15.3 Å². The predicted molar refractivity (Wildman–Crippen MR) is 113 cm³/mol. The van der Waals surface area contributed by atoms with Crippen LogP contribution in [0, 0.1) is 13.8 Å². The predicted octanol–water partition coefficient (Wildman–Crippen LogP) is 5.25. The fraction of sp³-hybridized carbons (Fsp3) is 0.318. The average molecular weight is 449 g/mol. The van der Waals surface area contributed by atoms with Gasteiger partial charge in [-0.05, 0) is 50.1 Å². The van der Waals surface area contributed by atoms with Crippen molar-refractivity contribution < 1.29 is 18.0 Å². The molecule has 9 heteroatoms. The Bertz CT molecular complexity index is 1170. The minimum Gasteiger partial charge on any atom is -0.364 e. The van der Waals surface area contributed by atoms with Crippen LogP contribution < -0.4 is 5.32 Å². The molecule has 0 aliphatic carbocycles. The van der Waals surface area contributed by atoms with Gasteiger partial charge in [0.15, 0.2) is 0 Å². The Labute approximate surface area is 182 Å². The molecular formula is C22H20ClF3N4O. The number of aromatic nitrogens is 2. The van der Waals surface area contributed by atoms with Crippen LogP contribution in [0.15, 0.2) is 36.5 Å². The van der Waals surface area contributed by atoms with Gasteiger partial charge in [-0.25, -0.2) is 4.98 Å². The maximum Gasteiger partial charge on any atom is 0.417 e. The number of anilines is 1. The molecule has 0 saturated carbocycles. The Hall–Kier alpha value is -2.87. The smallest absolute Gasteiger partial charge is 0.364 e. The normalized spacial score (nSPS) is 16.7. The molecule has 0 unspecified atom stereocenters. The lowest BCUT2D eigenvalue weighted by atomic mass is 10.0. The van der Waals surface area contributed by atoms with E-state index in [1.54, 1.807) is 19.2 Å². The summed E-state index contributed by atoms with van der Waals surface area (Å²) in [5, 5.41) is 3.82. The first-order valence-corrected chi connectivity index (χ1v) is 10.2. The van der Waals surface area contributed by atoms with Crippen LogP contribution in [0.3, 0.4) is 0 Å². The van der Waals surface area contributed by atoms with Crippen LogP contribution in [0.1, 0.15) is 33.5 Å². The van der Waals surface area contributed by atoms with Gasteiger partial charge in [-0.3, -0.25) is 9.78 Å². The number of fused-ring (bicyclic) bond motifs is 1. The van der Waals surface area contributed by atoms with E-state index in [1.165, 1.54) is 17.0 Å². The van der Waals surface area contributed by atoms with Crippen molar-refractivity contribution in [2.75, 3.05) is 18.4 Å². The van der Waals surface area contributed by atoms with Crippen molar-refractivity contribution in [1.82, 2.24) is 14.9 Å². The summed E-state index contributed by atoms with van der Waals surface area (Å²) in [6, 6.07) is 7.07. The van der Waals surface area contributed by atoms with Gasteiger partial charge in [0, 0.05) is 24.2 Å². The van der Waals surface area contributed by atoms with Crippen LogP contribution in [-0.2, 0) is 6.18 Å². The van der Waals surface area contributed by atoms with Gasteiger partial charge in [0.1, 0.15) is 5.82 Å². The Balaban J connectivity index is 1.50. The Kier molecular flexibility index (Phi) is 5.51. The lowest BCUT2D eigenvalue weighted by Crippen LogP contribution is -2.33. The summed E-state index contributed by atoms with van der Waals surface area (Å²) in [6.45, 7) is 4.18. The molecule has 31 heavy (non-hydrogen) atoms. The van der Waals surface area contributed by atoms with E-state index < -0.39 is 17.6 Å². The Morgan fingerprint density at radius 3 is 2.71 bits per heavy atom. The molecule has 1 atom stereocenters. The van der Waals surface area contributed by atoms with Gasteiger partial charge >= 0.3 is 6.18 Å². The van der Waals surface area contributed by atoms with Crippen molar-refractivity contribution in [2.45, 2.75) is 32.5 Å². The Morgan fingerprint density at radius 1 is 1.19 bits per heavy atom. The number of hydrogen-bond donors (Lipinski definition) is 1. The summed E-state index contributed by atoms with van der Waals surface area (Å²) in [4.78, 5) is 23.2. The van der Waals surface area contributed by atoms with Gasteiger partial charge in [-0.15, -0.1) is 0 Å². The van der Waals surface area contributed by atoms with Gasteiger partial charge in [0.2, 0.25) is 0 Å². The first-order valence-electron chi connectivity index (χ1n) is 9.78. The largest absolute Gasteiger partial charge is 0.417 e. The van der Waals surface area contributed by atoms with Crippen LogP contribution in [0.25, 0.3) is 11.0 Å². The standard InChI is InChI=1S/C22H20ClF3N4O/c1-12-3-4-16(22(24,25)26)15(7-12)21(31)30-6-5-14(11-30)28-20-10-27-18-8-13(2)17(23)9-19(18)29-20/h3-4,7-10,14H,5-6,11H2,1-2H3,(H,28,29)/t14-/m1/s1. The number of nitrogens with one attached hydrogen (secondary N) is 1. The highest BCUT2D eigenvalue weighted by molar-refractivity contribution is 6.32. The highest BCUT2D eigenvalue weighted by atomic mass is 35.5. The third-order valence-electron chi connectivity index (χ3n) is 5.36. The molecule has 1 saturated heterocycles. The molecule has 1 aliphatic heterocycles. The first kappa shape index (κ1) is 21.4. The molecule has 1 fully saturated rings. The summed E-state index contributed by atoms with van der Waals surface area (Å²) >= 11 is 6.17. The second-order valence-corrected chi connectivity index (χ2v) is 8.18. The van der Waals surface area contributed by atoms with E-state index in [4.69, 9.17) is 11.6 Å². The molecule has 2 heterocycles. The number of alkyl halides is 3. The minimum absolute atomic E-state index is 0.143. The van der Waals surface area contributed by atoms with E-state index in [1.807, 2.05) is 13.0 Å². The Morgan fingerprint density at radius 2 is 1.97 bits per heavy atom. The summed E-state index contributed by atoms with van der Waals surface area (Å²) in [5.74, 6) is -0.0922. The van der Waals surface area contributed by atoms with Crippen LogP contribution >= 0.6 is 11.6 Å². The van der Waals surface area contributed by atoms with Crippen LogP contribution in [0.4, 0.5) is 19.0 Å². The number of hydrogen-bond acceptors (Lipinski definition) is 4. The third-order valence-corrected chi connectivity index (χ3v) is 5.77.